The zero-order valence-electron chi connectivity index (χ0n) is 16.2. The third kappa shape index (κ3) is 3.90. The number of nitrogens with one attached hydrogen (secondary N) is 1. The molecule has 1 aliphatic heterocycles. The molecule has 150 valence electrons. The van der Waals surface area contributed by atoms with Gasteiger partial charge in [-0.2, -0.15) is 4.98 Å². The smallest absolute Gasteiger partial charge is 0.411 e. The van der Waals surface area contributed by atoms with E-state index in [9.17, 15) is 9.59 Å². The molecule has 0 unspecified atom stereocenters. The summed E-state index contributed by atoms with van der Waals surface area (Å²) in [5.41, 5.74) is 2.78. The number of amides is 2. The Bertz CT molecular complexity index is 1050. The second-order valence-electron chi connectivity index (χ2n) is 7.46. The number of carboxylic acid groups (broad SMARTS) is 1. The van der Waals surface area contributed by atoms with Crippen LogP contribution in [0.2, 0.25) is 0 Å². The van der Waals surface area contributed by atoms with Gasteiger partial charge in [0.15, 0.2) is 5.65 Å². The number of carbonyl (C=O) groups is 2. The number of pyridine rings is 1. The molecule has 0 atom stereocenters. The van der Waals surface area contributed by atoms with Gasteiger partial charge in [0.25, 0.3) is 11.9 Å². The van der Waals surface area contributed by atoms with Gasteiger partial charge in [-0.1, -0.05) is 18.2 Å². The fourth-order valence-corrected chi connectivity index (χ4v) is 3.61. The SMILES string of the molecule is CN(C)CC1CN(C(=O)c2ccc(-c3cccc4nc(NC(=O)O)nn34)cc2)C1. The molecule has 4 rings (SSSR count). The molecule has 1 aliphatic rings. The molecule has 1 saturated heterocycles. The van der Waals surface area contributed by atoms with Crippen molar-refractivity contribution in [3.05, 3.63) is 48.0 Å². The first-order valence-electron chi connectivity index (χ1n) is 9.31. The van der Waals surface area contributed by atoms with Gasteiger partial charge in [-0.25, -0.2) is 9.31 Å². The number of benzene rings is 1. The van der Waals surface area contributed by atoms with Crippen molar-refractivity contribution in [1.29, 1.82) is 0 Å². The highest BCUT2D eigenvalue weighted by molar-refractivity contribution is 5.95. The van der Waals surface area contributed by atoms with E-state index in [1.54, 1.807) is 10.6 Å². The molecular formula is C20H22N6O3. The summed E-state index contributed by atoms with van der Waals surface area (Å²) in [6, 6.07) is 12.8. The van der Waals surface area contributed by atoms with E-state index in [-0.39, 0.29) is 11.9 Å². The first-order valence-corrected chi connectivity index (χ1v) is 9.31. The van der Waals surface area contributed by atoms with Crippen molar-refractivity contribution >= 4 is 23.6 Å². The maximum absolute atomic E-state index is 12.6. The predicted octanol–water partition coefficient (Wildman–Crippen LogP) is 2.12. The monoisotopic (exact) mass is 394 g/mol. The third-order valence-electron chi connectivity index (χ3n) is 4.87. The van der Waals surface area contributed by atoms with E-state index in [4.69, 9.17) is 5.11 Å². The molecule has 0 radical (unpaired) electrons. The fraction of sp³-hybridized carbons (Fsp3) is 0.300. The van der Waals surface area contributed by atoms with Crippen molar-refractivity contribution in [2.45, 2.75) is 0 Å². The Morgan fingerprint density at radius 1 is 1.17 bits per heavy atom. The highest BCUT2D eigenvalue weighted by Gasteiger charge is 2.31. The number of hydrogen-bond donors (Lipinski definition) is 2. The van der Waals surface area contributed by atoms with Crippen LogP contribution in [0.25, 0.3) is 16.9 Å². The summed E-state index contributed by atoms with van der Waals surface area (Å²) in [5, 5.41) is 15.2. The molecule has 2 N–H and O–H groups in total. The standard InChI is InChI=1S/C20H22N6O3/c1-24(2)10-13-11-25(12-13)18(27)15-8-6-14(7-9-15)16-4-3-5-17-21-19(22-20(28)29)23-26(16)17/h3-9,13H,10-12H2,1-2H3,(H,22,23)(H,28,29). The molecule has 1 aromatic carbocycles. The van der Waals surface area contributed by atoms with Crippen molar-refractivity contribution in [2.75, 3.05) is 39.0 Å². The summed E-state index contributed by atoms with van der Waals surface area (Å²) in [7, 11) is 4.08. The number of carbonyl (C=O) groups excluding carboxylic acids is 1. The van der Waals surface area contributed by atoms with E-state index in [0.29, 0.717) is 17.1 Å². The van der Waals surface area contributed by atoms with Gasteiger partial charge in [0.2, 0.25) is 0 Å². The van der Waals surface area contributed by atoms with E-state index in [0.717, 1.165) is 30.9 Å². The van der Waals surface area contributed by atoms with Gasteiger partial charge in [0.05, 0.1) is 5.69 Å². The molecule has 9 heteroatoms. The van der Waals surface area contributed by atoms with Gasteiger partial charge in [0, 0.05) is 36.7 Å². The molecule has 1 fully saturated rings. The Labute approximate surface area is 167 Å². The number of aromatic nitrogens is 3. The van der Waals surface area contributed by atoms with Crippen LogP contribution in [0.1, 0.15) is 10.4 Å². The van der Waals surface area contributed by atoms with Crippen LogP contribution in [0.3, 0.4) is 0 Å². The Balaban J connectivity index is 1.52. The first kappa shape index (κ1) is 18.9. The van der Waals surface area contributed by atoms with Crippen LogP contribution in [0, 0.1) is 5.92 Å². The average molecular weight is 394 g/mol. The molecule has 0 saturated carbocycles. The van der Waals surface area contributed by atoms with Gasteiger partial charge in [-0.3, -0.25) is 10.1 Å². The largest absolute Gasteiger partial charge is 0.465 e. The van der Waals surface area contributed by atoms with E-state index in [2.05, 4.69) is 20.3 Å². The summed E-state index contributed by atoms with van der Waals surface area (Å²) in [6.45, 7) is 2.57. The number of likely N-dealkylation sites (tertiary alicyclic amines) is 1. The molecule has 0 bridgehead atoms. The molecule has 3 aromatic rings. The number of fused-ring (bicyclic) bond motifs is 1. The summed E-state index contributed by atoms with van der Waals surface area (Å²) in [6.07, 6.45) is -1.22. The second-order valence-corrected chi connectivity index (χ2v) is 7.46. The molecular weight excluding hydrogens is 372 g/mol. The van der Waals surface area contributed by atoms with Gasteiger partial charge < -0.3 is 14.9 Å². The minimum absolute atomic E-state index is 0.0156. The summed E-state index contributed by atoms with van der Waals surface area (Å²) < 4.78 is 1.57. The zero-order valence-corrected chi connectivity index (χ0v) is 16.2. The normalized spacial score (nSPS) is 14.2. The second kappa shape index (κ2) is 7.51. The van der Waals surface area contributed by atoms with Crippen LogP contribution in [0.4, 0.5) is 10.7 Å². The zero-order chi connectivity index (χ0) is 20.5. The average Bonchev–Trinajstić information content (AvgIpc) is 3.05. The number of rotatable bonds is 5. The first-order chi connectivity index (χ1) is 13.9. The van der Waals surface area contributed by atoms with Gasteiger partial charge in [-0.15, -0.1) is 5.10 Å². The topological polar surface area (TPSA) is 103 Å². The van der Waals surface area contributed by atoms with Crippen LogP contribution >= 0.6 is 0 Å². The Morgan fingerprint density at radius 2 is 1.90 bits per heavy atom. The lowest BCUT2D eigenvalue weighted by Gasteiger charge is -2.40. The quantitative estimate of drug-likeness (QED) is 0.687. The van der Waals surface area contributed by atoms with Crippen LogP contribution in [-0.2, 0) is 0 Å². The lowest BCUT2D eigenvalue weighted by Crippen LogP contribution is -2.53. The van der Waals surface area contributed by atoms with Crippen molar-refractivity contribution < 1.29 is 14.7 Å². The van der Waals surface area contributed by atoms with E-state index >= 15 is 0 Å². The van der Waals surface area contributed by atoms with Crippen LogP contribution in [0.5, 0.6) is 0 Å². The maximum Gasteiger partial charge on any atom is 0.411 e. The highest BCUT2D eigenvalue weighted by atomic mass is 16.4. The van der Waals surface area contributed by atoms with Gasteiger partial charge in [0.1, 0.15) is 0 Å². The van der Waals surface area contributed by atoms with Crippen LogP contribution in [0.15, 0.2) is 42.5 Å². The Morgan fingerprint density at radius 3 is 2.55 bits per heavy atom. The number of nitrogens with zero attached hydrogens (tertiary/aromatic N) is 5. The third-order valence-corrected chi connectivity index (χ3v) is 4.87. The Hall–Kier alpha value is -3.46. The maximum atomic E-state index is 12.6. The summed E-state index contributed by atoms with van der Waals surface area (Å²) in [5.74, 6) is 0.590. The van der Waals surface area contributed by atoms with Crippen LogP contribution in [-0.4, -0.2) is 75.2 Å². The van der Waals surface area contributed by atoms with Crippen molar-refractivity contribution in [1.82, 2.24) is 24.4 Å². The molecule has 2 amide bonds. The fourth-order valence-electron chi connectivity index (χ4n) is 3.61. The van der Waals surface area contributed by atoms with Crippen LogP contribution < -0.4 is 5.32 Å². The Kier molecular flexibility index (Phi) is 4.89. The van der Waals surface area contributed by atoms with Crippen molar-refractivity contribution in [3.8, 4) is 11.3 Å². The van der Waals surface area contributed by atoms with Gasteiger partial charge >= 0.3 is 6.09 Å². The summed E-state index contributed by atoms with van der Waals surface area (Å²) in [4.78, 5) is 31.6. The van der Waals surface area contributed by atoms with Crippen molar-refractivity contribution in [3.63, 3.8) is 0 Å². The number of hydrogen-bond acceptors (Lipinski definition) is 5. The molecule has 0 spiro atoms. The molecule has 9 nitrogen and oxygen atoms in total. The lowest BCUT2D eigenvalue weighted by molar-refractivity contribution is 0.0450. The molecule has 2 aromatic heterocycles. The minimum atomic E-state index is -1.22. The minimum Gasteiger partial charge on any atom is -0.465 e. The van der Waals surface area contributed by atoms with E-state index < -0.39 is 6.09 Å². The predicted molar refractivity (Wildman–Crippen MR) is 108 cm³/mol. The van der Waals surface area contributed by atoms with E-state index in [1.807, 2.05) is 55.4 Å². The molecule has 0 aliphatic carbocycles. The molecule has 29 heavy (non-hydrogen) atoms. The van der Waals surface area contributed by atoms with Crippen molar-refractivity contribution in [2.24, 2.45) is 5.92 Å². The van der Waals surface area contributed by atoms with E-state index in [1.165, 1.54) is 0 Å². The summed E-state index contributed by atoms with van der Waals surface area (Å²) >= 11 is 0. The highest BCUT2D eigenvalue weighted by Crippen LogP contribution is 2.24. The lowest BCUT2D eigenvalue weighted by atomic mass is 9.98. The van der Waals surface area contributed by atoms with Gasteiger partial charge in [-0.05, 0) is 38.4 Å². The number of anilines is 1. The molecule has 3 heterocycles.